The van der Waals surface area contributed by atoms with E-state index in [1.165, 1.54) is 0 Å². The van der Waals surface area contributed by atoms with Gasteiger partial charge in [0.15, 0.2) is 0 Å². The number of nitrogens with two attached hydrogens (primary N) is 2. The summed E-state index contributed by atoms with van der Waals surface area (Å²) in [7, 11) is 0. The molecule has 0 fully saturated rings. The molecular weight excluding hydrogens is 208 g/mol. The Morgan fingerprint density at radius 1 is 1.55 bits per heavy atom. The summed E-state index contributed by atoms with van der Waals surface area (Å²) in [6.07, 6.45) is 2.59. The number of aryl methyl sites for hydroxylation is 1. The van der Waals surface area contributed by atoms with Crippen LogP contribution in [0.1, 0.15) is 13.3 Å². The van der Waals surface area contributed by atoms with E-state index in [1.807, 2.05) is 0 Å². The van der Waals surface area contributed by atoms with Crippen LogP contribution in [0.15, 0.2) is 6.20 Å². The SMILES string of the molecule is Br.CCCn1ncc(N)c1N. The fraction of sp³-hybridized carbons (Fsp3) is 0.500. The van der Waals surface area contributed by atoms with Gasteiger partial charge in [-0.05, 0) is 6.42 Å². The maximum Gasteiger partial charge on any atom is 0.145 e. The molecule has 11 heavy (non-hydrogen) atoms. The van der Waals surface area contributed by atoms with Crippen molar-refractivity contribution in [2.24, 2.45) is 0 Å². The first-order valence-corrected chi connectivity index (χ1v) is 3.32. The van der Waals surface area contributed by atoms with Gasteiger partial charge in [0.2, 0.25) is 0 Å². The summed E-state index contributed by atoms with van der Waals surface area (Å²) in [5, 5.41) is 3.97. The van der Waals surface area contributed by atoms with E-state index in [0.29, 0.717) is 11.5 Å². The van der Waals surface area contributed by atoms with E-state index in [9.17, 15) is 0 Å². The molecule has 0 aliphatic carbocycles. The number of hydrogen-bond acceptors (Lipinski definition) is 3. The van der Waals surface area contributed by atoms with Crippen LogP contribution < -0.4 is 11.5 Å². The standard InChI is InChI=1S/C6H12N4.BrH/c1-2-3-10-6(8)5(7)4-9-10;/h4H,2-3,7-8H2,1H3;1H. The summed E-state index contributed by atoms with van der Waals surface area (Å²) in [6.45, 7) is 2.90. The number of aromatic nitrogens is 2. The molecule has 64 valence electrons. The molecule has 1 aromatic heterocycles. The van der Waals surface area contributed by atoms with Crippen molar-refractivity contribution in [1.29, 1.82) is 0 Å². The molecule has 0 bridgehead atoms. The van der Waals surface area contributed by atoms with Crippen molar-refractivity contribution in [2.45, 2.75) is 19.9 Å². The normalized spacial score (nSPS) is 9.18. The second-order valence-corrected chi connectivity index (χ2v) is 2.21. The minimum atomic E-state index is 0. The van der Waals surface area contributed by atoms with Gasteiger partial charge in [0.1, 0.15) is 5.82 Å². The highest BCUT2D eigenvalue weighted by atomic mass is 79.9. The van der Waals surface area contributed by atoms with Gasteiger partial charge in [-0.3, -0.25) is 0 Å². The highest BCUT2D eigenvalue weighted by Crippen LogP contribution is 2.11. The molecule has 0 aliphatic heterocycles. The van der Waals surface area contributed by atoms with Crippen molar-refractivity contribution in [1.82, 2.24) is 9.78 Å². The smallest absolute Gasteiger partial charge is 0.145 e. The Hall–Kier alpha value is -0.710. The first-order chi connectivity index (χ1) is 4.75. The summed E-state index contributed by atoms with van der Waals surface area (Å²) < 4.78 is 1.70. The van der Waals surface area contributed by atoms with Gasteiger partial charge in [0.05, 0.1) is 11.9 Å². The van der Waals surface area contributed by atoms with Crippen LogP contribution in [0.3, 0.4) is 0 Å². The van der Waals surface area contributed by atoms with Gasteiger partial charge in [0, 0.05) is 6.54 Å². The Kier molecular flexibility index (Phi) is 3.95. The monoisotopic (exact) mass is 220 g/mol. The van der Waals surface area contributed by atoms with Gasteiger partial charge in [-0.25, -0.2) is 4.68 Å². The Morgan fingerprint density at radius 2 is 2.18 bits per heavy atom. The molecule has 1 heterocycles. The van der Waals surface area contributed by atoms with Gasteiger partial charge in [0.25, 0.3) is 0 Å². The van der Waals surface area contributed by atoms with Crippen LogP contribution in [0, 0.1) is 0 Å². The molecule has 0 aromatic carbocycles. The Morgan fingerprint density at radius 3 is 2.55 bits per heavy atom. The van der Waals surface area contributed by atoms with Gasteiger partial charge in [-0.15, -0.1) is 17.0 Å². The number of nitrogens with zero attached hydrogens (tertiary/aromatic N) is 2. The summed E-state index contributed by atoms with van der Waals surface area (Å²) >= 11 is 0. The highest BCUT2D eigenvalue weighted by Gasteiger charge is 2.00. The summed E-state index contributed by atoms with van der Waals surface area (Å²) in [5.74, 6) is 0.571. The minimum Gasteiger partial charge on any atom is -0.394 e. The van der Waals surface area contributed by atoms with E-state index in [1.54, 1.807) is 10.9 Å². The molecule has 0 radical (unpaired) electrons. The van der Waals surface area contributed by atoms with Gasteiger partial charge in [-0.1, -0.05) is 6.92 Å². The highest BCUT2D eigenvalue weighted by molar-refractivity contribution is 8.93. The molecule has 0 unspecified atom stereocenters. The predicted molar refractivity (Wildman–Crippen MR) is 51.7 cm³/mol. The first kappa shape index (κ1) is 10.3. The van der Waals surface area contributed by atoms with Crippen molar-refractivity contribution in [3.63, 3.8) is 0 Å². The lowest BCUT2D eigenvalue weighted by Crippen LogP contribution is -2.04. The summed E-state index contributed by atoms with van der Waals surface area (Å²) in [6, 6.07) is 0. The predicted octanol–water partition coefficient (Wildman–Crippen LogP) is 1.04. The topological polar surface area (TPSA) is 69.9 Å². The van der Waals surface area contributed by atoms with Crippen molar-refractivity contribution in [3.05, 3.63) is 6.20 Å². The average molecular weight is 221 g/mol. The van der Waals surface area contributed by atoms with Crippen LogP contribution in [0.25, 0.3) is 0 Å². The molecular formula is C6H13BrN4. The van der Waals surface area contributed by atoms with E-state index in [0.717, 1.165) is 13.0 Å². The van der Waals surface area contributed by atoms with Gasteiger partial charge < -0.3 is 11.5 Å². The van der Waals surface area contributed by atoms with Gasteiger partial charge >= 0.3 is 0 Å². The lowest BCUT2D eigenvalue weighted by Gasteiger charge is -1.99. The maximum absolute atomic E-state index is 5.56. The Labute approximate surface area is 76.3 Å². The molecule has 1 rings (SSSR count). The van der Waals surface area contributed by atoms with Crippen LogP contribution >= 0.6 is 17.0 Å². The lowest BCUT2D eigenvalue weighted by molar-refractivity contribution is 0.611. The van der Waals surface area contributed by atoms with Crippen LogP contribution in [0.5, 0.6) is 0 Å². The number of anilines is 2. The Balaban J connectivity index is 0.000001000. The fourth-order valence-corrected chi connectivity index (χ4v) is 0.799. The van der Waals surface area contributed by atoms with Crippen LogP contribution in [0.4, 0.5) is 11.5 Å². The zero-order chi connectivity index (χ0) is 7.56. The molecule has 0 aliphatic rings. The van der Waals surface area contributed by atoms with E-state index in [4.69, 9.17) is 11.5 Å². The molecule has 4 N–H and O–H groups in total. The molecule has 4 nitrogen and oxygen atoms in total. The van der Waals surface area contributed by atoms with Crippen molar-refractivity contribution in [3.8, 4) is 0 Å². The third kappa shape index (κ3) is 2.11. The average Bonchev–Trinajstić information content (AvgIpc) is 2.20. The third-order valence-corrected chi connectivity index (χ3v) is 1.35. The lowest BCUT2D eigenvalue weighted by atomic mass is 10.5. The molecule has 0 amide bonds. The van der Waals surface area contributed by atoms with Crippen LogP contribution in [0.2, 0.25) is 0 Å². The molecule has 1 aromatic rings. The molecule has 0 spiro atoms. The van der Waals surface area contributed by atoms with Crippen LogP contribution in [-0.4, -0.2) is 9.78 Å². The third-order valence-electron chi connectivity index (χ3n) is 1.35. The minimum absolute atomic E-state index is 0. The second-order valence-electron chi connectivity index (χ2n) is 2.21. The first-order valence-electron chi connectivity index (χ1n) is 3.32. The van der Waals surface area contributed by atoms with E-state index in [2.05, 4.69) is 12.0 Å². The quantitative estimate of drug-likeness (QED) is 0.783. The van der Waals surface area contributed by atoms with E-state index in [-0.39, 0.29) is 17.0 Å². The number of hydrogen-bond donors (Lipinski definition) is 2. The van der Waals surface area contributed by atoms with Gasteiger partial charge in [-0.2, -0.15) is 5.10 Å². The van der Waals surface area contributed by atoms with Crippen molar-refractivity contribution in [2.75, 3.05) is 11.5 Å². The van der Waals surface area contributed by atoms with Crippen LogP contribution in [-0.2, 0) is 6.54 Å². The largest absolute Gasteiger partial charge is 0.394 e. The Bertz CT molecular complexity index is 220. The number of halogens is 1. The molecule has 0 saturated carbocycles. The molecule has 5 heteroatoms. The molecule has 0 atom stereocenters. The zero-order valence-corrected chi connectivity index (χ0v) is 8.16. The van der Waals surface area contributed by atoms with E-state index >= 15 is 0 Å². The summed E-state index contributed by atoms with van der Waals surface area (Å²) in [5.41, 5.74) is 11.6. The van der Waals surface area contributed by atoms with E-state index < -0.39 is 0 Å². The van der Waals surface area contributed by atoms with Crippen molar-refractivity contribution >= 4 is 28.5 Å². The maximum atomic E-state index is 5.56. The second kappa shape index (κ2) is 4.23. The zero-order valence-electron chi connectivity index (χ0n) is 6.45. The fourth-order valence-electron chi connectivity index (χ4n) is 0.799. The molecule has 0 saturated heterocycles. The number of rotatable bonds is 2. The number of nitrogen functional groups attached to an aromatic ring is 2. The van der Waals surface area contributed by atoms with Crippen molar-refractivity contribution < 1.29 is 0 Å². The summed E-state index contributed by atoms with van der Waals surface area (Å²) in [4.78, 5) is 0.